The minimum absolute atomic E-state index is 0.131. The second kappa shape index (κ2) is 7.48. The normalized spacial score (nSPS) is 10.7. The van der Waals surface area contributed by atoms with Gasteiger partial charge in [0.1, 0.15) is 0 Å². The molecule has 100 valence electrons. The molecule has 0 aliphatic heterocycles. The summed E-state index contributed by atoms with van der Waals surface area (Å²) in [7, 11) is 3.57. The van der Waals surface area contributed by atoms with Crippen molar-refractivity contribution < 1.29 is 4.79 Å². The number of hydrogen-bond donors (Lipinski definition) is 0. The summed E-state index contributed by atoms with van der Waals surface area (Å²) in [6.45, 7) is 4.23. The van der Waals surface area contributed by atoms with Crippen LogP contribution in [0.1, 0.15) is 18.9 Å². The van der Waals surface area contributed by atoms with Crippen molar-refractivity contribution in [2.45, 2.75) is 19.9 Å². The number of nitrogens with zero attached hydrogens (tertiary/aromatic N) is 3. The van der Waals surface area contributed by atoms with Gasteiger partial charge < -0.3 is 4.90 Å². The van der Waals surface area contributed by atoms with E-state index >= 15 is 0 Å². The molecule has 4 nitrogen and oxygen atoms in total. The van der Waals surface area contributed by atoms with E-state index in [4.69, 9.17) is 0 Å². The van der Waals surface area contributed by atoms with Crippen LogP contribution in [0.2, 0.25) is 0 Å². The fourth-order valence-electron chi connectivity index (χ4n) is 1.66. The highest BCUT2D eigenvalue weighted by Gasteiger charge is 2.12. The van der Waals surface area contributed by atoms with Gasteiger partial charge in [-0.05, 0) is 40.5 Å². The molecule has 0 fully saturated rings. The first-order chi connectivity index (χ1) is 8.52. The summed E-state index contributed by atoms with van der Waals surface area (Å²) in [6, 6.07) is 2.04. The lowest BCUT2D eigenvalue weighted by atomic mass is 10.2. The van der Waals surface area contributed by atoms with E-state index in [1.54, 1.807) is 25.2 Å². The molecule has 0 saturated heterocycles. The van der Waals surface area contributed by atoms with E-state index < -0.39 is 0 Å². The number of halogens is 1. The molecule has 0 N–H and O–H groups in total. The fourth-order valence-corrected chi connectivity index (χ4v) is 2.08. The van der Waals surface area contributed by atoms with Gasteiger partial charge in [0.15, 0.2) is 0 Å². The smallest absolute Gasteiger partial charge is 0.236 e. The van der Waals surface area contributed by atoms with Crippen LogP contribution in [0.25, 0.3) is 0 Å². The number of amides is 1. The van der Waals surface area contributed by atoms with Crippen molar-refractivity contribution in [3.63, 3.8) is 0 Å². The summed E-state index contributed by atoms with van der Waals surface area (Å²) in [5.74, 6) is 0.131. The van der Waals surface area contributed by atoms with Crippen molar-refractivity contribution in [2.24, 2.45) is 0 Å². The Bertz CT molecular complexity index is 396. The highest BCUT2D eigenvalue weighted by Crippen LogP contribution is 2.11. The van der Waals surface area contributed by atoms with E-state index in [-0.39, 0.29) is 5.91 Å². The van der Waals surface area contributed by atoms with E-state index in [1.807, 2.05) is 12.3 Å². The van der Waals surface area contributed by atoms with Gasteiger partial charge in [0, 0.05) is 37.5 Å². The van der Waals surface area contributed by atoms with Gasteiger partial charge in [-0.25, -0.2) is 0 Å². The number of carbonyl (C=O) groups is 1. The zero-order valence-electron chi connectivity index (χ0n) is 11.2. The van der Waals surface area contributed by atoms with Gasteiger partial charge in [-0.15, -0.1) is 0 Å². The average Bonchev–Trinajstić information content (AvgIpc) is 2.29. The molecule has 1 aromatic heterocycles. The van der Waals surface area contributed by atoms with Gasteiger partial charge in [-0.2, -0.15) is 0 Å². The third kappa shape index (κ3) is 5.14. The molecule has 5 heteroatoms. The molecule has 18 heavy (non-hydrogen) atoms. The van der Waals surface area contributed by atoms with Gasteiger partial charge in [0.05, 0.1) is 6.54 Å². The van der Waals surface area contributed by atoms with Crippen molar-refractivity contribution in [2.75, 3.05) is 27.2 Å². The molecule has 0 aliphatic rings. The molecule has 0 spiro atoms. The molecule has 1 heterocycles. The molecular formula is C13H20BrN3O. The number of hydrogen-bond acceptors (Lipinski definition) is 3. The van der Waals surface area contributed by atoms with Crippen LogP contribution in [0, 0.1) is 0 Å². The standard InChI is InChI=1S/C13H20BrN3O/c1-4-5-17(10-13(18)16(2)3)9-11-6-12(14)8-15-7-11/h6-8H,4-5,9-10H2,1-3H3. The van der Waals surface area contributed by atoms with Crippen molar-refractivity contribution in [1.29, 1.82) is 0 Å². The molecule has 1 amide bonds. The summed E-state index contributed by atoms with van der Waals surface area (Å²) < 4.78 is 0.968. The maximum absolute atomic E-state index is 11.7. The average molecular weight is 314 g/mol. The number of rotatable bonds is 6. The molecular weight excluding hydrogens is 294 g/mol. The minimum atomic E-state index is 0.131. The van der Waals surface area contributed by atoms with Crippen LogP contribution in [0.3, 0.4) is 0 Å². The van der Waals surface area contributed by atoms with Crippen LogP contribution in [0.15, 0.2) is 22.9 Å². The Balaban J connectivity index is 2.65. The van der Waals surface area contributed by atoms with E-state index in [2.05, 4.69) is 32.7 Å². The summed E-state index contributed by atoms with van der Waals surface area (Å²) >= 11 is 3.41. The number of carbonyl (C=O) groups excluding carboxylic acids is 1. The third-order valence-electron chi connectivity index (χ3n) is 2.57. The largest absolute Gasteiger partial charge is 0.348 e. The Morgan fingerprint density at radius 3 is 2.67 bits per heavy atom. The molecule has 0 bridgehead atoms. The highest BCUT2D eigenvalue weighted by molar-refractivity contribution is 9.10. The lowest BCUT2D eigenvalue weighted by Gasteiger charge is -2.22. The summed E-state index contributed by atoms with van der Waals surface area (Å²) in [5, 5.41) is 0. The minimum Gasteiger partial charge on any atom is -0.348 e. The van der Waals surface area contributed by atoms with Crippen LogP contribution in [0.4, 0.5) is 0 Å². The quantitative estimate of drug-likeness (QED) is 0.807. The van der Waals surface area contributed by atoms with Crippen molar-refractivity contribution >= 4 is 21.8 Å². The topological polar surface area (TPSA) is 36.4 Å². The van der Waals surface area contributed by atoms with Gasteiger partial charge >= 0.3 is 0 Å². The van der Waals surface area contributed by atoms with Crippen molar-refractivity contribution in [1.82, 2.24) is 14.8 Å². The van der Waals surface area contributed by atoms with Crippen molar-refractivity contribution in [3.05, 3.63) is 28.5 Å². The zero-order chi connectivity index (χ0) is 13.5. The molecule has 0 unspecified atom stereocenters. The Labute approximate surface area is 117 Å². The zero-order valence-corrected chi connectivity index (χ0v) is 12.8. The van der Waals surface area contributed by atoms with Gasteiger partial charge in [-0.1, -0.05) is 6.92 Å². The summed E-state index contributed by atoms with van der Waals surface area (Å²) in [4.78, 5) is 19.7. The lowest BCUT2D eigenvalue weighted by Crippen LogP contribution is -2.36. The summed E-state index contributed by atoms with van der Waals surface area (Å²) in [5.41, 5.74) is 1.12. The molecule has 0 saturated carbocycles. The first-order valence-electron chi connectivity index (χ1n) is 6.05. The van der Waals surface area contributed by atoms with Crippen LogP contribution in [-0.2, 0) is 11.3 Å². The van der Waals surface area contributed by atoms with E-state index in [9.17, 15) is 4.79 Å². The first-order valence-corrected chi connectivity index (χ1v) is 6.84. The Kier molecular flexibility index (Phi) is 6.29. The third-order valence-corrected chi connectivity index (χ3v) is 3.00. The maximum Gasteiger partial charge on any atom is 0.236 e. The van der Waals surface area contributed by atoms with Gasteiger partial charge in [0.2, 0.25) is 5.91 Å². The Hall–Kier alpha value is -0.940. The predicted octanol–water partition coefficient (Wildman–Crippen LogP) is 2.14. The molecule has 1 rings (SSSR count). The molecule has 0 radical (unpaired) electrons. The second-order valence-corrected chi connectivity index (χ2v) is 5.43. The molecule has 0 aliphatic carbocycles. The maximum atomic E-state index is 11.7. The van der Waals surface area contributed by atoms with Crippen molar-refractivity contribution in [3.8, 4) is 0 Å². The highest BCUT2D eigenvalue weighted by atomic mass is 79.9. The number of aromatic nitrogens is 1. The SMILES string of the molecule is CCCN(CC(=O)N(C)C)Cc1cncc(Br)c1. The van der Waals surface area contributed by atoms with Crippen LogP contribution < -0.4 is 0 Å². The summed E-state index contributed by atoms with van der Waals surface area (Å²) in [6.07, 6.45) is 4.63. The number of likely N-dealkylation sites (N-methyl/N-ethyl adjacent to an activating group) is 1. The molecule has 1 aromatic rings. The van der Waals surface area contributed by atoms with Crippen LogP contribution >= 0.6 is 15.9 Å². The second-order valence-electron chi connectivity index (χ2n) is 4.51. The Morgan fingerprint density at radius 2 is 2.11 bits per heavy atom. The van der Waals surface area contributed by atoms with Crippen LogP contribution in [-0.4, -0.2) is 47.9 Å². The lowest BCUT2D eigenvalue weighted by molar-refractivity contribution is -0.130. The predicted molar refractivity (Wildman–Crippen MR) is 76.2 cm³/mol. The van der Waals surface area contributed by atoms with E-state index in [0.717, 1.165) is 29.5 Å². The molecule has 0 aromatic carbocycles. The van der Waals surface area contributed by atoms with Crippen LogP contribution in [0.5, 0.6) is 0 Å². The first kappa shape index (κ1) is 15.1. The van der Waals surface area contributed by atoms with E-state index in [0.29, 0.717) is 6.54 Å². The molecule has 0 atom stereocenters. The Morgan fingerprint density at radius 1 is 1.39 bits per heavy atom. The number of pyridine rings is 1. The van der Waals surface area contributed by atoms with E-state index in [1.165, 1.54) is 0 Å². The monoisotopic (exact) mass is 313 g/mol. The fraction of sp³-hybridized carbons (Fsp3) is 0.538. The van der Waals surface area contributed by atoms with Gasteiger partial charge in [-0.3, -0.25) is 14.7 Å². The van der Waals surface area contributed by atoms with Gasteiger partial charge in [0.25, 0.3) is 0 Å².